The number of benzene rings is 1. The third-order valence-electron chi connectivity index (χ3n) is 3.11. The molecule has 0 aliphatic rings. The summed E-state index contributed by atoms with van der Waals surface area (Å²) >= 11 is 0. The molecule has 2 rings (SSSR count). The summed E-state index contributed by atoms with van der Waals surface area (Å²) in [5.41, 5.74) is -0.518. The predicted octanol–water partition coefficient (Wildman–Crippen LogP) is 1.34. The van der Waals surface area contributed by atoms with Crippen LogP contribution in [-0.4, -0.2) is 28.1 Å². The molecule has 23 heavy (non-hydrogen) atoms. The molecule has 3 N–H and O–H groups in total. The quantitative estimate of drug-likeness (QED) is 0.744. The molecule has 0 radical (unpaired) electrons. The maximum atomic E-state index is 12.6. The molecule has 0 spiro atoms. The molecule has 2 aromatic rings. The first-order chi connectivity index (χ1) is 10.7. The number of anilines is 1. The number of carbonyl (C=O) groups excluding carboxylic acids is 1. The van der Waals surface area contributed by atoms with Crippen molar-refractivity contribution in [3.63, 3.8) is 0 Å². The first-order valence-electron chi connectivity index (χ1n) is 6.50. The summed E-state index contributed by atoms with van der Waals surface area (Å²) < 4.78 is 37.9. The van der Waals surface area contributed by atoms with E-state index in [4.69, 9.17) is 0 Å². The molecule has 1 heterocycles. The van der Waals surface area contributed by atoms with E-state index < -0.39 is 24.8 Å². The van der Waals surface area contributed by atoms with E-state index in [0.717, 1.165) is 18.2 Å². The summed E-state index contributed by atoms with van der Waals surface area (Å²) in [7, 11) is -1.77. The van der Waals surface area contributed by atoms with Gasteiger partial charge in [0.1, 0.15) is 0 Å². The van der Waals surface area contributed by atoms with E-state index in [0.29, 0.717) is 5.69 Å². The lowest BCUT2D eigenvalue weighted by atomic mass is 9.79. The van der Waals surface area contributed by atoms with Crippen LogP contribution in [0.25, 0.3) is 0 Å². The van der Waals surface area contributed by atoms with E-state index in [1.165, 1.54) is 18.3 Å². The molecule has 0 unspecified atom stereocenters. The number of hydrogen-bond donors (Lipinski definition) is 3. The van der Waals surface area contributed by atoms with Gasteiger partial charge in [0.25, 0.3) is 5.91 Å². The van der Waals surface area contributed by atoms with Crippen molar-refractivity contribution in [3.05, 3.63) is 53.3 Å². The molecule has 0 saturated carbocycles. The summed E-state index contributed by atoms with van der Waals surface area (Å²) in [5.74, 6) is -0.764. The Morgan fingerprint density at radius 3 is 2.57 bits per heavy atom. The molecule has 0 aliphatic carbocycles. The van der Waals surface area contributed by atoms with Gasteiger partial charge in [0.15, 0.2) is 0 Å². The summed E-state index contributed by atoms with van der Waals surface area (Å²) in [6.07, 6.45) is -3.28. The van der Waals surface area contributed by atoms with Crippen LogP contribution in [0.4, 0.5) is 18.9 Å². The number of pyridine rings is 1. The zero-order valence-electron chi connectivity index (χ0n) is 11.9. The van der Waals surface area contributed by atoms with Gasteiger partial charge >= 0.3 is 13.3 Å². The van der Waals surface area contributed by atoms with E-state index in [2.05, 4.69) is 10.3 Å². The minimum Gasteiger partial charge on any atom is -0.423 e. The van der Waals surface area contributed by atoms with Crippen molar-refractivity contribution in [2.45, 2.75) is 13.1 Å². The highest BCUT2D eigenvalue weighted by Gasteiger charge is 2.30. The normalized spacial score (nSPS) is 11.2. The zero-order valence-corrected chi connectivity index (χ0v) is 11.9. The Morgan fingerprint density at radius 1 is 1.26 bits per heavy atom. The SMILES string of the molecule is Cc1ncc(NC(=O)c2cccc(C(F)(F)F)c2)cc1B(O)O. The number of nitrogens with zero attached hydrogens (tertiary/aromatic N) is 1. The van der Waals surface area contributed by atoms with Gasteiger partial charge in [-0.05, 0) is 31.2 Å². The van der Waals surface area contributed by atoms with E-state index in [-0.39, 0.29) is 16.7 Å². The van der Waals surface area contributed by atoms with Crippen molar-refractivity contribution in [1.29, 1.82) is 0 Å². The molecule has 1 aromatic carbocycles. The van der Waals surface area contributed by atoms with Gasteiger partial charge in [0.05, 0.1) is 17.4 Å². The molecule has 0 saturated heterocycles. The zero-order chi connectivity index (χ0) is 17.2. The second kappa shape index (κ2) is 6.39. The average molecular weight is 324 g/mol. The van der Waals surface area contributed by atoms with Gasteiger partial charge in [-0.2, -0.15) is 13.2 Å². The van der Waals surface area contributed by atoms with Crippen molar-refractivity contribution in [2.75, 3.05) is 5.32 Å². The minimum atomic E-state index is -4.55. The number of aromatic nitrogens is 1. The van der Waals surface area contributed by atoms with Gasteiger partial charge in [-0.15, -0.1) is 0 Å². The first-order valence-corrected chi connectivity index (χ1v) is 6.50. The van der Waals surface area contributed by atoms with Gasteiger partial charge in [-0.3, -0.25) is 9.78 Å². The second-order valence-corrected chi connectivity index (χ2v) is 4.80. The van der Waals surface area contributed by atoms with Gasteiger partial charge in [-0.1, -0.05) is 6.07 Å². The van der Waals surface area contributed by atoms with Crippen LogP contribution >= 0.6 is 0 Å². The molecule has 0 fully saturated rings. The Labute approximate surface area is 129 Å². The number of nitrogens with one attached hydrogen (secondary N) is 1. The van der Waals surface area contributed by atoms with Crippen molar-refractivity contribution >= 4 is 24.2 Å². The third-order valence-corrected chi connectivity index (χ3v) is 3.11. The fourth-order valence-corrected chi connectivity index (χ4v) is 1.92. The lowest BCUT2D eigenvalue weighted by molar-refractivity contribution is -0.137. The number of rotatable bonds is 3. The molecular formula is C14H12BF3N2O3. The molecule has 5 nitrogen and oxygen atoms in total. The van der Waals surface area contributed by atoms with Crippen molar-refractivity contribution in [3.8, 4) is 0 Å². The summed E-state index contributed by atoms with van der Waals surface area (Å²) in [6.45, 7) is 1.55. The van der Waals surface area contributed by atoms with E-state index in [9.17, 15) is 28.0 Å². The maximum absolute atomic E-state index is 12.6. The van der Waals surface area contributed by atoms with E-state index in [1.54, 1.807) is 6.92 Å². The standard InChI is InChI=1S/C14H12BF3N2O3/c1-8-12(15(22)23)6-11(7-19-8)20-13(21)9-3-2-4-10(5-9)14(16,17)18/h2-7,22-23H,1H3,(H,20,21). The number of carbonyl (C=O) groups is 1. The molecule has 0 atom stereocenters. The van der Waals surface area contributed by atoms with E-state index in [1.807, 2.05) is 0 Å². The highest BCUT2D eigenvalue weighted by molar-refractivity contribution is 6.59. The summed E-state index contributed by atoms with van der Waals surface area (Å²) in [4.78, 5) is 15.9. The molecule has 9 heteroatoms. The van der Waals surface area contributed by atoms with Crippen LogP contribution in [0.3, 0.4) is 0 Å². The lowest BCUT2D eigenvalue weighted by Gasteiger charge is -2.11. The van der Waals surface area contributed by atoms with Gasteiger partial charge in [0, 0.05) is 16.7 Å². The highest BCUT2D eigenvalue weighted by atomic mass is 19.4. The largest absolute Gasteiger partial charge is 0.490 e. The number of alkyl halides is 3. The summed E-state index contributed by atoms with van der Waals surface area (Å²) in [6, 6.07) is 5.27. The van der Waals surface area contributed by atoms with Crippen LogP contribution in [0.5, 0.6) is 0 Å². The Bertz CT molecular complexity index is 735. The Hall–Kier alpha value is -2.39. The number of aryl methyl sites for hydroxylation is 1. The van der Waals surface area contributed by atoms with Crippen molar-refractivity contribution in [2.24, 2.45) is 0 Å². The minimum absolute atomic E-state index is 0.0897. The number of halogens is 3. The summed E-state index contributed by atoms with van der Waals surface area (Å²) in [5, 5.41) is 20.7. The van der Waals surface area contributed by atoms with Crippen LogP contribution < -0.4 is 10.8 Å². The smallest absolute Gasteiger partial charge is 0.423 e. The van der Waals surface area contributed by atoms with E-state index >= 15 is 0 Å². The molecule has 120 valence electrons. The van der Waals surface area contributed by atoms with Crippen LogP contribution in [0.15, 0.2) is 36.5 Å². The first kappa shape index (κ1) is 17.0. The predicted molar refractivity (Wildman–Crippen MR) is 78.2 cm³/mol. The lowest BCUT2D eigenvalue weighted by Crippen LogP contribution is -2.33. The molecule has 0 aliphatic heterocycles. The van der Waals surface area contributed by atoms with Crippen LogP contribution in [0, 0.1) is 6.92 Å². The van der Waals surface area contributed by atoms with Gasteiger partial charge < -0.3 is 15.4 Å². The highest BCUT2D eigenvalue weighted by Crippen LogP contribution is 2.29. The number of hydrogen-bond acceptors (Lipinski definition) is 4. The molecule has 1 amide bonds. The van der Waals surface area contributed by atoms with Gasteiger partial charge in [0.2, 0.25) is 0 Å². The second-order valence-electron chi connectivity index (χ2n) is 4.80. The topological polar surface area (TPSA) is 82.5 Å². The fraction of sp³-hybridized carbons (Fsp3) is 0.143. The maximum Gasteiger partial charge on any atom is 0.490 e. The third kappa shape index (κ3) is 4.08. The molecule has 0 bridgehead atoms. The van der Waals surface area contributed by atoms with Crippen LogP contribution in [0.1, 0.15) is 21.6 Å². The van der Waals surface area contributed by atoms with Crippen LogP contribution in [-0.2, 0) is 6.18 Å². The number of amides is 1. The molecule has 1 aromatic heterocycles. The monoisotopic (exact) mass is 324 g/mol. The van der Waals surface area contributed by atoms with Crippen LogP contribution in [0.2, 0.25) is 0 Å². The van der Waals surface area contributed by atoms with Crippen molar-refractivity contribution in [1.82, 2.24) is 4.98 Å². The Kier molecular flexibility index (Phi) is 4.72. The fourth-order valence-electron chi connectivity index (χ4n) is 1.92. The Balaban J connectivity index is 2.24. The van der Waals surface area contributed by atoms with Gasteiger partial charge in [-0.25, -0.2) is 0 Å². The molecular weight excluding hydrogens is 312 g/mol. The Morgan fingerprint density at radius 2 is 1.96 bits per heavy atom. The van der Waals surface area contributed by atoms with Crippen molar-refractivity contribution < 1.29 is 28.0 Å². The average Bonchev–Trinajstić information content (AvgIpc) is 2.48.